The van der Waals surface area contributed by atoms with Crippen molar-refractivity contribution in [2.75, 3.05) is 12.4 Å². The number of anilines is 1. The molecular weight excluding hydrogens is 364 g/mol. The van der Waals surface area contributed by atoms with Crippen molar-refractivity contribution in [1.82, 2.24) is 14.5 Å². The molecule has 6 heteroatoms. The molecule has 1 saturated carbocycles. The Kier molecular flexibility index (Phi) is 6.00. The number of nitrogens with zero attached hydrogens (tertiary/aromatic N) is 3. The van der Waals surface area contributed by atoms with Crippen LogP contribution in [0.5, 0.6) is 11.6 Å². The Balaban J connectivity index is 1.55. The summed E-state index contributed by atoms with van der Waals surface area (Å²) in [6.45, 7) is 2.65. The van der Waals surface area contributed by atoms with Gasteiger partial charge >= 0.3 is 0 Å². The van der Waals surface area contributed by atoms with Gasteiger partial charge in [0.1, 0.15) is 17.6 Å². The van der Waals surface area contributed by atoms with E-state index in [1.165, 1.54) is 38.5 Å². The van der Waals surface area contributed by atoms with Gasteiger partial charge in [0.05, 0.1) is 18.2 Å². The van der Waals surface area contributed by atoms with Crippen molar-refractivity contribution in [2.24, 2.45) is 7.05 Å². The molecule has 0 saturated heterocycles. The van der Waals surface area contributed by atoms with Crippen molar-refractivity contribution in [2.45, 2.75) is 58.2 Å². The molecule has 2 heterocycles. The number of ether oxygens (including phenoxy) is 2. The van der Waals surface area contributed by atoms with Crippen LogP contribution in [0, 0.1) is 6.92 Å². The van der Waals surface area contributed by atoms with Gasteiger partial charge in [-0.2, -0.15) is 4.98 Å². The molecule has 2 aromatic heterocycles. The van der Waals surface area contributed by atoms with Crippen molar-refractivity contribution in [3.8, 4) is 11.6 Å². The number of nitrogens with one attached hydrogen (secondary N) is 1. The number of rotatable bonds is 6. The van der Waals surface area contributed by atoms with Crippen LogP contribution in [-0.2, 0) is 18.4 Å². The summed E-state index contributed by atoms with van der Waals surface area (Å²) in [5, 5.41) is 3.17. The molecule has 3 aromatic rings. The van der Waals surface area contributed by atoms with Crippen LogP contribution in [0.2, 0.25) is 0 Å². The molecule has 0 atom stereocenters. The first-order valence-electron chi connectivity index (χ1n) is 10.5. The summed E-state index contributed by atoms with van der Waals surface area (Å²) in [6.07, 6.45) is 9.47. The maximum absolute atomic E-state index is 6.24. The van der Waals surface area contributed by atoms with E-state index in [0.29, 0.717) is 18.6 Å². The predicted octanol–water partition coefficient (Wildman–Crippen LogP) is 5.35. The fourth-order valence-electron chi connectivity index (χ4n) is 4.11. The highest BCUT2D eigenvalue weighted by atomic mass is 16.5. The third kappa shape index (κ3) is 4.37. The Hall–Kier alpha value is -2.60. The van der Waals surface area contributed by atoms with Gasteiger partial charge in [-0.1, -0.05) is 25.7 Å². The fourth-order valence-corrected chi connectivity index (χ4v) is 4.11. The lowest BCUT2D eigenvalue weighted by Crippen LogP contribution is -2.12. The highest BCUT2D eigenvalue weighted by molar-refractivity contribution is 5.81. The minimum atomic E-state index is 0.367. The second-order valence-electron chi connectivity index (χ2n) is 7.86. The van der Waals surface area contributed by atoms with Gasteiger partial charge in [0.2, 0.25) is 5.88 Å². The summed E-state index contributed by atoms with van der Waals surface area (Å²) < 4.78 is 14.5. The van der Waals surface area contributed by atoms with Crippen molar-refractivity contribution in [3.05, 3.63) is 41.9 Å². The summed E-state index contributed by atoms with van der Waals surface area (Å²) in [6, 6.07) is 8.06. The highest BCUT2D eigenvalue weighted by Gasteiger charge is 2.17. The average molecular weight is 395 g/mol. The van der Waals surface area contributed by atoms with Gasteiger partial charge in [-0.3, -0.25) is 0 Å². The first-order chi connectivity index (χ1) is 14.2. The molecular formula is C23H30N4O2. The minimum Gasteiger partial charge on any atom is -0.437 e. The SMILES string of the molecule is CNc1ccc(Oc2ncnc3cc(COC4CCCCCC4)n(C)c23)cc1C. The molecule has 154 valence electrons. The predicted molar refractivity (Wildman–Crippen MR) is 116 cm³/mol. The summed E-state index contributed by atoms with van der Waals surface area (Å²) >= 11 is 0. The monoisotopic (exact) mass is 394 g/mol. The average Bonchev–Trinajstić information content (AvgIpc) is 2.88. The van der Waals surface area contributed by atoms with E-state index in [2.05, 4.69) is 32.8 Å². The third-order valence-electron chi connectivity index (χ3n) is 5.84. The van der Waals surface area contributed by atoms with E-state index >= 15 is 0 Å². The van der Waals surface area contributed by atoms with E-state index < -0.39 is 0 Å². The number of aromatic nitrogens is 3. The quantitative estimate of drug-likeness (QED) is 0.571. The number of fused-ring (bicyclic) bond motifs is 1. The first-order valence-corrected chi connectivity index (χ1v) is 10.5. The third-order valence-corrected chi connectivity index (χ3v) is 5.84. The minimum absolute atomic E-state index is 0.367. The lowest BCUT2D eigenvalue weighted by Gasteiger charge is -2.15. The molecule has 1 aliphatic rings. The summed E-state index contributed by atoms with van der Waals surface area (Å²) in [4.78, 5) is 8.84. The van der Waals surface area contributed by atoms with Crippen molar-refractivity contribution >= 4 is 16.7 Å². The van der Waals surface area contributed by atoms with Crippen LogP contribution < -0.4 is 10.1 Å². The first kappa shape index (κ1) is 19.7. The van der Waals surface area contributed by atoms with E-state index in [9.17, 15) is 0 Å². The smallest absolute Gasteiger partial charge is 0.247 e. The molecule has 0 amide bonds. The van der Waals surface area contributed by atoms with Crippen LogP contribution in [0.1, 0.15) is 49.8 Å². The van der Waals surface area contributed by atoms with E-state index in [0.717, 1.165) is 33.7 Å². The Morgan fingerprint density at radius 1 is 1.10 bits per heavy atom. The Morgan fingerprint density at radius 3 is 2.62 bits per heavy atom. The number of hydrogen-bond acceptors (Lipinski definition) is 5. The van der Waals surface area contributed by atoms with Gasteiger partial charge < -0.3 is 19.4 Å². The second-order valence-corrected chi connectivity index (χ2v) is 7.86. The number of benzene rings is 1. The second kappa shape index (κ2) is 8.82. The molecule has 1 N–H and O–H groups in total. The zero-order valence-corrected chi connectivity index (χ0v) is 17.6. The molecule has 0 bridgehead atoms. The van der Waals surface area contributed by atoms with Gasteiger partial charge in [0, 0.05) is 25.5 Å². The molecule has 6 nitrogen and oxygen atoms in total. The topological polar surface area (TPSA) is 61.2 Å². The molecule has 0 unspecified atom stereocenters. The highest BCUT2D eigenvalue weighted by Crippen LogP contribution is 2.31. The standard InChI is InChI=1S/C23H30N4O2/c1-16-12-19(10-11-20(16)24-2)29-23-22-21(25-15-26-23)13-17(27(22)3)14-28-18-8-6-4-5-7-9-18/h10-13,15,18,24H,4-9,14H2,1-3H3. The van der Waals surface area contributed by atoms with Gasteiger partial charge in [0.15, 0.2) is 0 Å². The maximum Gasteiger partial charge on any atom is 0.247 e. The molecule has 0 radical (unpaired) electrons. The molecule has 1 aromatic carbocycles. The molecule has 1 aliphatic carbocycles. The lowest BCUT2D eigenvalue weighted by atomic mass is 10.1. The summed E-state index contributed by atoms with van der Waals surface area (Å²) in [5.74, 6) is 1.33. The fraction of sp³-hybridized carbons (Fsp3) is 0.478. The maximum atomic E-state index is 6.24. The Labute approximate surface area is 172 Å². The van der Waals surface area contributed by atoms with E-state index in [1.54, 1.807) is 6.33 Å². The Bertz CT molecular complexity index is 974. The van der Waals surface area contributed by atoms with Crippen molar-refractivity contribution in [3.63, 3.8) is 0 Å². The van der Waals surface area contributed by atoms with E-state index in [4.69, 9.17) is 9.47 Å². The number of aryl methyl sites for hydroxylation is 2. The zero-order valence-electron chi connectivity index (χ0n) is 17.6. The van der Waals surface area contributed by atoms with E-state index in [1.807, 2.05) is 32.3 Å². The molecule has 0 spiro atoms. The summed E-state index contributed by atoms with van der Waals surface area (Å²) in [7, 11) is 3.94. The molecule has 0 aliphatic heterocycles. The molecule has 29 heavy (non-hydrogen) atoms. The van der Waals surface area contributed by atoms with Crippen molar-refractivity contribution < 1.29 is 9.47 Å². The van der Waals surface area contributed by atoms with Crippen LogP contribution in [0.4, 0.5) is 5.69 Å². The largest absolute Gasteiger partial charge is 0.437 e. The number of hydrogen-bond donors (Lipinski definition) is 1. The van der Waals surface area contributed by atoms with E-state index in [-0.39, 0.29) is 0 Å². The van der Waals surface area contributed by atoms with Crippen LogP contribution in [0.15, 0.2) is 30.6 Å². The van der Waals surface area contributed by atoms with Gasteiger partial charge in [-0.25, -0.2) is 4.98 Å². The summed E-state index contributed by atoms with van der Waals surface area (Å²) in [5.41, 5.74) is 5.07. The zero-order chi connectivity index (χ0) is 20.2. The van der Waals surface area contributed by atoms with Crippen LogP contribution >= 0.6 is 0 Å². The molecule has 4 rings (SSSR count). The van der Waals surface area contributed by atoms with Crippen LogP contribution in [0.25, 0.3) is 11.0 Å². The van der Waals surface area contributed by atoms with Crippen LogP contribution in [0.3, 0.4) is 0 Å². The van der Waals surface area contributed by atoms with Gasteiger partial charge in [0.25, 0.3) is 0 Å². The normalized spacial score (nSPS) is 15.4. The molecule has 1 fully saturated rings. The van der Waals surface area contributed by atoms with Gasteiger partial charge in [-0.15, -0.1) is 0 Å². The van der Waals surface area contributed by atoms with Crippen molar-refractivity contribution in [1.29, 1.82) is 0 Å². The lowest BCUT2D eigenvalue weighted by molar-refractivity contribution is 0.0282. The Morgan fingerprint density at radius 2 is 1.90 bits per heavy atom. The van der Waals surface area contributed by atoms with Crippen LogP contribution in [-0.4, -0.2) is 27.7 Å². The van der Waals surface area contributed by atoms with Gasteiger partial charge in [-0.05, 0) is 49.6 Å².